The Kier molecular flexibility index (Phi) is 12.3. The van der Waals surface area contributed by atoms with E-state index in [0.29, 0.717) is 75.2 Å². The second-order valence-corrected chi connectivity index (χ2v) is 12.9. The third-order valence-electron chi connectivity index (χ3n) is 7.44. The molecule has 10 heteroatoms. The fourth-order valence-corrected chi connectivity index (χ4v) is 5.17. The van der Waals surface area contributed by atoms with Crippen LogP contribution in [0.3, 0.4) is 0 Å². The smallest absolute Gasteiger partial charge is 0.410 e. The van der Waals surface area contributed by atoms with E-state index >= 15 is 0 Å². The molecule has 1 aromatic carbocycles. The van der Waals surface area contributed by atoms with Gasteiger partial charge in [0.15, 0.2) is 11.5 Å². The monoisotopic (exact) mass is 589 g/mol. The first-order valence-corrected chi connectivity index (χ1v) is 15.3. The van der Waals surface area contributed by atoms with Gasteiger partial charge in [-0.15, -0.1) is 0 Å². The van der Waals surface area contributed by atoms with Gasteiger partial charge in [-0.2, -0.15) is 0 Å². The molecule has 42 heavy (non-hydrogen) atoms. The maximum atomic E-state index is 13.9. The van der Waals surface area contributed by atoms with Crippen LogP contribution >= 0.6 is 0 Å². The lowest BCUT2D eigenvalue weighted by Gasteiger charge is -2.39. The van der Waals surface area contributed by atoms with Gasteiger partial charge in [0.05, 0.1) is 19.6 Å². The first-order valence-electron chi connectivity index (χ1n) is 15.3. The Bertz CT molecular complexity index is 1050. The second-order valence-electron chi connectivity index (χ2n) is 12.9. The van der Waals surface area contributed by atoms with Crippen LogP contribution in [0.5, 0.6) is 11.5 Å². The number of methoxy groups -OCH3 is 2. The Morgan fingerprint density at radius 2 is 1.81 bits per heavy atom. The zero-order valence-electron chi connectivity index (χ0n) is 26.6. The summed E-state index contributed by atoms with van der Waals surface area (Å²) in [6.45, 7) is 12.5. The number of hydrogen-bond acceptors (Lipinski definition) is 7. The summed E-state index contributed by atoms with van der Waals surface area (Å²) in [5.74, 6) is 0.982. The topological polar surface area (TPSA) is 107 Å². The van der Waals surface area contributed by atoms with E-state index in [2.05, 4.69) is 19.2 Å². The summed E-state index contributed by atoms with van der Waals surface area (Å²) < 4.78 is 22.1. The number of carbonyl (C=O) groups excluding carboxylic acids is 3. The molecule has 2 fully saturated rings. The predicted octanol–water partition coefficient (Wildman–Crippen LogP) is 4.75. The van der Waals surface area contributed by atoms with Crippen LogP contribution in [0.2, 0.25) is 0 Å². The van der Waals surface area contributed by atoms with Crippen LogP contribution < -0.4 is 14.8 Å². The van der Waals surface area contributed by atoms with E-state index in [1.807, 2.05) is 25.7 Å². The molecule has 2 atom stereocenters. The molecule has 2 aliphatic rings. The van der Waals surface area contributed by atoms with Gasteiger partial charge in [-0.25, -0.2) is 4.79 Å². The van der Waals surface area contributed by atoms with Crippen molar-refractivity contribution in [1.29, 1.82) is 0 Å². The summed E-state index contributed by atoms with van der Waals surface area (Å²) >= 11 is 0. The molecule has 0 radical (unpaired) electrons. The maximum absolute atomic E-state index is 13.9. The summed E-state index contributed by atoms with van der Waals surface area (Å²) in [4.78, 5) is 43.7. The Morgan fingerprint density at radius 3 is 2.43 bits per heavy atom. The Morgan fingerprint density at radius 1 is 1.07 bits per heavy atom. The fraction of sp³-hybridized carbons (Fsp3) is 0.719. The highest BCUT2D eigenvalue weighted by molar-refractivity contribution is 5.95. The normalized spacial score (nSPS) is 18.9. The number of piperidine rings is 1. The van der Waals surface area contributed by atoms with E-state index in [1.54, 1.807) is 37.3 Å². The molecule has 1 aromatic rings. The lowest BCUT2D eigenvalue weighted by atomic mass is 9.88. The minimum atomic E-state index is -0.646. The summed E-state index contributed by atoms with van der Waals surface area (Å²) in [5, 5.41) is 3.06. The number of benzene rings is 1. The summed E-state index contributed by atoms with van der Waals surface area (Å²) in [5.41, 5.74) is -0.125. The van der Waals surface area contributed by atoms with Crippen LogP contribution in [0.1, 0.15) is 77.1 Å². The Balaban J connectivity index is 1.77. The number of amides is 3. The number of nitrogens with zero attached hydrogens (tertiary/aromatic N) is 2. The molecule has 0 spiro atoms. The van der Waals surface area contributed by atoms with E-state index in [9.17, 15) is 14.4 Å². The highest BCUT2D eigenvalue weighted by atomic mass is 16.6. The van der Waals surface area contributed by atoms with Crippen molar-refractivity contribution >= 4 is 17.9 Å². The molecule has 10 nitrogen and oxygen atoms in total. The van der Waals surface area contributed by atoms with Crippen LogP contribution in [-0.4, -0.2) is 93.0 Å². The van der Waals surface area contributed by atoms with Crippen LogP contribution in [0, 0.1) is 17.8 Å². The van der Waals surface area contributed by atoms with E-state index in [0.717, 1.165) is 19.3 Å². The van der Waals surface area contributed by atoms with Crippen molar-refractivity contribution in [3.63, 3.8) is 0 Å². The van der Waals surface area contributed by atoms with E-state index in [1.165, 1.54) is 0 Å². The van der Waals surface area contributed by atoms with Crippen LogP contribution in [0.25, 0.3) is 0 Å². The largest absolute Gasteiger partial charge is 0.493 e. The van der Waals surface area contributed by atoms with Crippen molar-refractivity contribution in [2.75, 3.05) is 53.6 Å². The number of ether oxygens (including phenoxy) is 4. The van der Waals surface area contributed by atoms with E-state index in [4.69, 9.17) is 18.9 Å². The lowest BCUT2D eigenvalue weighted by molar-refractivity contribution is -0.127. The molecular weight excluding hydrogens is 538 g/mol. The molecule has 3 rings (SSSR count). The highest BCUT2D eigenvalue weighted by Gasteiger charge is 2.40. The minimum Gasteiger partial charge on any atom is -0.493 e. The van der Waals surface area contributed by atoms with Crippen LogP contribution in [0.4, 0.5) is 4.79 Å². The number of nitrogens with one attached hydrogen (secondary N) is 1. The third kappa shape index (κ3) is 10.4. The zero-order valence-corrected chi connectivity index (χ0v) is 26.6. The van der Waals surface area contributed by atoms with Crippen molar-refractivity contribution in [1.82, 2.24) is 15.1 Å². The first kappa shape index (κ1) is 33.5. The van der Waals surface area contributed by atoms with Gasteiger partial charge < -0.3 is 34.1 Å². The molecule has 236 valence electrons. The zero-order chi connectivity index (χ0) is 30.9. The molecule has 1 N–H and O–H groups in total. The second kappa shape index (κ2) is 15.5. The van der Waals surface area contributed by atoms with E-state index in [-0.39, 0.29) is 29.7 Å². The fourth-order valence-electron chi connectivity index (χ4n) is 5.17. The molecule has 1 aliphatic carbocycles. The number of rotatable bonds is 14. The van der Waals surface area contributed by atoms with Crippen molar-refractivity contribution in [2.24, 2.45) is 17.8 Å². The van der Waals surface area contributed by atoms with Gasteiger partial charge in [0.25, 0.3) is 5.91 Å². The predicted molar refractivity (Wildman–Crippen MR) is 161 cm³/mol. The van der Waals surface area contributed by atoms with Gasteiger partial charge in [-0.05, 0) is 76.5 Å². The van der Waals surface area contributed by atoms with Gasteiger partial charge >= 0.3 is 6.09 Å². The Labute approximate surface area is 251 Å². The van der Waals surface area contributed by atoms with Crippen molar-refractivity contribution in [3.05, 3.63) is 23.8 Å². The van der Waals surface area contributed by atoms with Crippen molar-refractivity contribution < 1.29 is 33.3 Å². The van der Waals surface area contributed by atoms with Gasteiger partial charge in [0.1, 0.15) is 5.60 Å². The van der Waals surface area contributed by atoms with E-state index < -0.39 is 11.7 Å². The van der Waals surface area contributed by atoms with Crippen molar-refractivity contribution in [3.8, 4) is 11.5 Å². The summed E-state index contributed by atoms with van der Waals surface area (Å²) in [7, 11) is 3.22. The molecule has 1 saturated carbocycles. The average Bonchev–Trinajstić information content (AvgIpc) is 3.77. The maximum Gasteiger partial charge on any atom is 0.410 e. The third-order valence-corrected chi connectivity index (χ3v) is 7.44. The quantitative estimate of drug-likeness (QED) is 0.312. The minimum absolute atomic E-state index is 0.0522. The summed E-state index contributed by atoms with van der Waals surface area (Å²) in [6.07, 6.45) is 3.64. The number of carbonyl (C=O) groups is 3. The lowest BCUT2D eigenvalue weighted by Crippen LogP contribution is -2.52. The standard InChI is InChI=1S/C32H51N3O7/c1-22(2)13-14-33-29(36)25-17-23(19-34(21-25)31(38)42-32(3,4)5)20-35(26-10-11-26)30(37)24-9-12-27(40-7)28(18-24)41-16-8-15-39-6/h9,12,18,22-23,25-26H,8,10-11,13-17,19-21H2,1-7H3,(H,33,36)/t23-,25-/m0/s1. The van der Waals surface area contributed by atoms with Gasteiger partial charge in [0.2, 0.25) is 5.91 Å². The SMILES string of the molecule is COCCCOc1cc(C(=O)N(C[C@H]2C[C@H](C(=O)NCCC(C)C)CN(C(=O)OC(C)(C)C)C2)C2CC2)ccc1OC. The highest BCUT2D eigenvalue weighted by Crippen LogP contribution is 2.34. The molecule has 1 aliphatic heterocycles. The molecule has 0 unspecified atom stereocenters. The molecule has 0 aromatic heterocycles. The van der Waals surface area contributed by atoms with Gasteiger partial charge in [0, 0.05) is 57.9 Å². The molecule has 1 saturated heterocycles. The van der Waals surface area contributed by atoms with Gasteiger partial charge in [-0.1, -0.05) is 13.8 Å². The first-order chi connectivity index (χ1) is 19.9. The van der Waals surface area contributed by atoms with Crippen molar-refractivity contribution in [2.45, 2.75) is 78.4 Å². The average molecular weight is 590 g/mol. The van der Waals surface area contributed by atoms with Crippen LogP contribution in [-0.2, 0) is 14.3 Å². The Hall–Kier alpha value is -3.01. The molecule has 0 bridgehead atoms. The number of likely N-dealkylation sites (tertiary alicyclic amines) is 1. The summed E-state index contributed by atoms with van der Waals surface area (Å²) in [6, 6.07) is 5.40. The van der Waals surface area contributed by atoms with Crippen LogP contribution in [0.15, 0.2) is 18.2 Å². The molecule has 3 amide bonds. The molecule has 1 heterocycles. The van der Waals surface area contributed by atoms with Gasteiger partial charge in [-0.3, -0.25) is 9.59 Å². The molecular formula is C32H51N3O7. The number of hydrogen-bond donors (Lipinski definition) is 1.